The minimum absolute atomic E-state index is 0.0633. The van der Waals surface area contributed by atoms with Gasteiger partial charge in [-0.25, -0.2) is 0 Å². The van der Waals surface area contributed by atoms with Crippen molar-refractivity contribution in [2.45, 2.75) is 52.1 Å². The number of nitrogens with one attached hydrogen (secondary N) is 1. The van der Waals surface area contributed by atoms with E-state index in [1.165, 1.54) is 24.9 Å². The van der Waals surface area contributed by atoms with Gasteiger partial charge >= 0.3 is 0 Å². The summed E-state index contributed by atoms with van der Waals surface area (Å²) in [4.78, 5) is 14.9. The fourth-order valence-electron chi connectivity index (χ4n) is 4.19. The predicted molar refractivity (Wildman–Crippen MR) is 105 cm³/mol. The second-order valence-corrected chi connectivity index (χ2v) is 8.05. The Bertz CT molecular complexity index is 583. The Morgan fingerprint density at radius 1 is 1.19 bits per heavy atom. The third-order valence-electron chi connectivity index (χ3n) is 6.23. The summed E-state index contributed by atoms with van der Waals surface area (Å²) in [5.41, 5.74) is 2.06. The molecule has 1 saturated carbocycles. The summed E-state index contributed by atoms with van der Waals surface area (Å²) >= 11 is 0. The van der Waals surface area contributed by atoms with Crippen molar-refractivity contribution in [3.63, 3.8) is 0 Å². The Balaban J connectivity index is 1.52. The highest BCUT2D eigenvalue weighted by Gasteiger charge is 2.32. The van der Waals surface area contributed by atoms with E-state index in [2.05, 4.69) is 41.5 Å². The number of anilines is 2. The molecule has 1 saturated heterocycles. The Morgan fingerprint density at radius 3 is 2.58 bits per heavy atom. The average Bonchev–Trinajstić information content (AvgIpc) is 2.66. The number of morpholine rings is 1. The second kappa shape index (κ2) is 8.87. The van der Waals surface area contributed by atoms with Gasteiger partial charge in [-0.05, 0) is 56.4 Å². The van der Waals surface area contributed by atoms with Gasteiger partial charge in [0.2, 0.25) is 0 Å². The first-order valence-electron chi connectivity index (χ1n) is 10.1. The largest absolute Gasteiger partial charge is 0.378 e. The van der Waals surface area contributed by atoms with Crippen LogP contribution in [-0.2, 0) is 9.53 Å². The van der Waals surface area contributed by atoms with Crippen molar-refractivity contribution >= 4 is 17.3 Å². The predicted octanol–water partition coefficient (Wildman–Crippen LogP) is 2.24. The van der Waals surface area contributed by atoms with Crippen molar-refractivity contribution in [1.29, 1.82) is 0 Å². The van der Waals surface area contributed by atoms with Crippen molar-refractivity contribution < 1.29 is 14.8 Å². The van der Waals surface area contributed by atoms with Crippen molar-refractivity contribution in [2.75, 3.05) is 36.5 Å². The highest BCUT2D eigenvalue weighted by atomic mass is 16.5. The van der Waals surface area contributed by atoms with E-state index in [0.29, 0.717) is 12.0 Å². The summed E-state index contributed by atoms with van der Waals surface area (Å²) in [5.74, 6) is 1.52. The molecule has 0 bridgehead atoms. The lowest BCUT2D eigenvalue weighted by Crippen LogP contribution is -2.97. The molecule has 1 aromatic carbocycles. The van der Waals surface area contributed by atoms with Crippen LogP contribution >= 0.6 is 0 Å². The molecule has 1 aromatic rings. The lowest BCUT2D eigenvalue weighted by atomic mass is 9.78. The highest BCUT2D eigenvalue weighted by molar-refractivity contribution is 5.93. The Labute approximate surface area is 157 Å². The monoisotopic (exact) mass is 360 g/mol. The highest BCUT2D eigenvalue weighted by Crippen LogP contribution is 2.27. The van der Waals surface area contributed by atoms with Crippen LogP contribution < -0.4 is 15.5 Å². The van der Waals surface area contributed by atoms with Crippen molar-refractivity contribution in [1.82, 2.24) is 0 Å². The molecule has 0 aromatic heterocycles. The molecule has 1 aliphatic heterocycles. The van der Waals surface area contributed by atoms with Gasteiger partial charge in [-0.15, -0.1) is 0 Å². The van der Waals surface area contributed by atoms with Crippen molar-refractivity contribution in [3.8, 4) is 0 Å². The fraction of sp³-hybridized carbons (Fsp3) is 0.667. The van der Waals surface area contributed by atoms with Gasteiger partial charge in [0.25, 0.3) is 5.91 Å². The minimum atomic E-state index is -0.0633. The lowest BCUT2D eigenvalue weighted by molar-refractivity contribution is -0.715. The van der Waals surface area contributed by atoms with Crippen molar-refractivity contribution in [2.24, 2.45) is 11.8 Å². The van der Waals surface area contributed by atoms with E-state index in [9.17, 15) is 4.79 Å². The number of carbonyl (C=O) groups excluding carboxylic acids is 1. The molecule has 0 spiro atoms. The lowest BCUT2D eigenvalue weighted by Gasteiger charge is -2.33. The third kappa shape index (κ3) is 4.77. The number of hydrogen-bond acceptors (Lipinski definition) is 3. The third-order valence-corrected chi connectivity index (χ3v) is 6.23. The Kier molecular flexibility index (Phi) is 6.54. The molecular weight excluding hydrogens is 326 g/mol. The van der Waals surface area contributed by atoms with Crippen LogP contribution in [0.25, 0.3) is 0 Å². The van der Waals surface area contributed by atoms with E-state index in [0.717, 1.165) is 37.9 Å². The van der Waals surface area contributed by atoms with E-state index in [4.69, 9.17) is 4.74 Å². The summed E-state index contributed by atoms with van der Waals surface area (Å²) in [5, 5.41) is 5.35. The van der Waals surface area contributed by atoms with Crippen LogP contribution in [0.4, 0.5) is 11.4 Å². The van der Waals surface area contributed by atoms with Crippen LogP contribution in [0.15, 0.2) is 24.3 Å². The molecule has 1 aliphatic carbocycles. The number of quaternary nitrogens is 1. The standard InChI is InChI=1S/C21H33N3O2/c1-15-5-4-6-20(16(15)2)22-17(3)21(25)23-18-7-9-19(10-8-18)24-11-13-26-14-12-24/h7-10,15-17,20,22H,4-6,11-14H2,1-3H3,(H,23,25)/p+1/t15-,16-,17+,20+/m1/s1. The molecule has 1 amide bonds. The quantitative estimate of drug-likeness (QED) is 0.847. The van der Waals surface area contributed by atoms with Gasteiger partial charge in [0.1, 0.15) is 0 Å². The van der Waals surface area contributed by atoms with E-state index in [-0.39, 0.29) is 11.9 Å². The number of nitrogens with zero attached hydrogens (tertiary/aromatic N) is 1. The average molecular weight is 361 g/mol. The molecule has 5 heteroatoms. The van der Waals surface area contributed by atoms with Gasteiger partial charge in [0.15, 0.2) is 6.04 Å². The first kappa shape index (κ1) is 19.2. The minimum Gasteiger partial charge on any atom is -0.378 e. The molecule has 3 N–H and O–H groups in total. The molecule has 3 rings (SSSR count). The van der Waals surface area contributed by atoms with Crippen LogP contribution in [-0.4, -0.2) is 44.3 Å². The van der Waals surface area contributed by atoms with Gasteiger partial charge in [0.05, 0.1) is 19.3 Å². The zero-order valence-electron chi connectivity index (χ0n) is 16.4. The normalized spacial score (nSPS) is 27.8. The first-order valence-corrected chi connectivity index (χ1v) is 10.1. The summed E-state index contributed by atoms with van der Waals surface area (Å²) in [6.45, 7) is 10.1. The number of benzene rings is 1. The summed E-state index contributed by atoms with van der Waals surface area (Å²) in [6, 6.07) is 8.66. The fourth-order valence-corrected chi connectivity index (χ4v) is 4.19. The van der Waals surface area contributed by atoms with Crippen LogP contribution in [0.5, 0.6) is 0 Å². The van der Waals surface area contributed by atoms with E-state index >= 15 is 0 Å². The zero-order valence-corrected chi connectivity index (χ0v) is 16.4. The number of rotatable bonds is 5. The second-order valence-electron chi connectivity index (χ2n) is 8.05. The summed E-state index contributed by atoms with van der Waals surface area (Å²) < 4.78 is 5.40. The smallest absolute Gasteiger partial charge is 0.282 e. The molecule has 0 unspecified atom stereocenters. The number of carbonyl (C=O) groups is 1. The maximum absolute atomic E-state index is 12.6. The van der Waals surface area contributed by atoms with Gasteiger partial charge in [0, 0.05) is 30.4 Å². The molecule has 4 atom stereocenters. The van der Waals surface area contributed by atoms with E-state index in [1.807, 2.05) is 19.1 Å². The van der Waals surface area contributed by atoms with E-state index in [1.54, 1.807) is 0 Å². The number of ether oxygens (including phenoxy) is 1. The molecule has 2 aliphatic rings. The molecule has 0 radical (unpaired) electrons. The molecule has 2 fully saturated rings. The Morgan fingerprint density at radius 2 is 1.88 bits per heavy atom. The van der Waals surface area contributed by atoms with Gasteiger partial charge < -0.3 is 20.3 Å². The van der Waals surface area contributed by atoms with Crippen LogP contribution in [0.3, 0.4) is 0 Å². The zero-order chi connectivity index (χ0) is 18.5. The molecule has 144 valence electrons. The Hall–Kier alpha value is -1.59. The van der Waals surface area contributed by atoms with E-state index < -0.39 is 0 Å². The van der Waals surface area contributed by atoms with Gasteiger partial charge in [-0.1, -0.05) is 13.8 Å². The maximum Gasteiger partial charge on any atom is 0.282 e. The van der Waals surface area contributed by atoms with Crippen molar-refractivity contribution in [3.05, 3.63) is 24.3 Å². The number of hydrogen-bond donors (Lipinski definition) is 2. The number of amides is 1. The molecular formula is C21H34N3O2+. The SMILES string of the molecule is C[C@@H]1[C@H](C)CCC[C@@H]1[NH2+][C@@H](C)C(=O)Nc1ccc(N2CCOCC2)cc1. The summed E-state index contributed by atoms with van der Waals surface area (Å²) in [6.07, 6.45) is 3.82. The maximum atomic E-state index is 12.6. The molecule has 1 heterocycles. The van der Waals surface area contributed by atoms with Crippen LogP contribution in [0.1, 0.15) is 40.0 Å². The van der Waals surface area contributed by atoms with Crippen LogP contribution in [0, 0.1) is 11.8 Å². The summed E-state index contributed by atoms with van der Waals surface area (Å²) in [7, 11) is 0. The van der Waals surface area contributed by atoms with Gasteiger partial charge in [-0.2, -0.15) is 0 Å². The molecule has 5 nitrogen and oxygen atoms in total. The topological polar surface area (TPSA) is 58.2 Å². The molecule has 26 heavy (non-hydrogen) atoms. The van der Waals surface area contributed by atoms with Crippen LogP contribution in [0.2, 0.25) is 0 Å². The first-order chi connectivity index (χ1) is 12.5. The number of nitrogens with two attached hydrogens (primary N) is 1. The van der Waals surface area contributed by atoms with Gasteiger partial charge in [-0.3, -0.25) is 4.79 Å².